The molecule has 9 rings (SSSR count). The predicted molar refractivity (Wildman–Crippen MR) is 329 cm³/mol. The fourth-order valence-corrected chi connectivity index (χ4v) is 11.9. The molecular weight excluding hydrogens is 1080 g/mol. The normalized spacial score (nSPS) is 20.8. The van der Waals surface area contributed by atoms with E-state index >= 15 is 0 Å². The smallest absolute Gasteiger partial charge is 0.481 e. The molecule has 3 heterocycles. The van der Waals surface area contributed by atoms with Crippen LogP contribution in [0, 0.1) is 23.7 Å². The van der Waals surface area contributed by atoms with E-state index in [4.69, 9.17) is 42.3 Å². The van der Waals surface area contributed by atoms with Crippen LogP contribution in [0.2, 0.25) is 0 Å². The largest absolute Gasteiger partial charge is 0.497 e. The summed E-state index contributed by atoms with van der Waals surface area (Å²) in [6.45, 7) is 24.6. The van der Waals surface area contributed by atoms with Crippen LogP contribution in [0.15, 0.2) is 78.9 Å². The Hall–Kier alpha value is -6.27. The Kier molecular flexibility index (Phi) is 20.7. The Morgan fingerprint density at radius 1 is 0.529 bits per heavy atom. The molecule has 0 radical (unpaired) electrons. The van der Waals surface area contributed by atoms with Gasteiger partial charge in [0.1, 0.15) is 17.8 Å². The van der Waals surface area contributed by atoms with Crippen LogP contribution >= 0.6 is 0 Å². The molecule has 4 N–H and O–H groups in total. The van der Waals surface area contributed by atoms with Crippen LogP contribution in [0.25, 0.3) is 0 Å². The van der Waals surface area contributed by atoms with Crippen LogP contribution in [-0.2, 0) is 76.3 Å². The number of hydrogen-bond acceptors (Lipinski definition) is 13. The van der Waals surface area contributed by atoms with Gasteiger partial charge in [0, 0.05) is 35.8 Å². The molecule has 2 aliphatic carbocycles. The number of hydrogen-bond donors (Lipinski definition) is 4. The lowest BCUT2D eigenvalue weighted by molar-refractivity contribution is -0.131. The Morgan fingerprint density at radius 3 is 1.42 bits per heavy atom. The maximum atomic E-state index is 14.0. The Bertz CT molecular complexity index is 2940. The molecule has 2 fully saturated rings. The number of aryl methyl sites for hydroxylation is 1. The lowest BCUT2D eigenvalue weighted by Crippen LogP contribution is -2.56. The predicted octanol–water partition coefficient (Wildman–Crippen LogP) is 9.12. The number of ether oxygens (including phenoxy) is 5. The van der Waals surface area contributed by atoms with Crippen LogP contribution in [0.1, 0.15) is 142 Å². The monoisotopic (exact) mass is 1170 g/mol. The summed E-state index contributed by atoms with van der Waals surface area (Å²) in [4.78, 5) is 55.4. The van der Waals surface area contributed by atoms with Gasteiger partial charge >= 0.3 is 14.2 Å². The number of carbonyl (C=O) groups is 4. The van der Waals surface area contributed by atoms with Crippen molar-refractivity contribution in [1.29, 1.82) is 0 Å². The minimum atomic E-state index is -0.797. The van der Waals surface area contributed by atoms with E-state index in [9.17, 15) is 19.2 Å². The number of nitrogens with one attached hydrogen (secondary N) is 4. The highest BCUT2D eigenvalue weighted by Gasteiger charge is 2.56. The number of benzene rings is 4. The first-order valence-electron chi connectivity index (χ1n) is 30.4. The second kappa shape index (κ2) is 27.2. The Morgan fingerprint density at radius 2 is 0.976 bits per heavy atom. The van der Waals surface area contributed by atoms with E-state index in [-0.39, 0.29) is 54.1 Å². The first kappa shape index (κ1) is 64.7. The molecular formula is C66H92B2N4O13. The highest BCUT2D eigenvalue weighted by atomic mass is 16.7. The van der Waals surface area contributed by atoms with Crippen molar-refractivity contribution in [3.05, 3.63) is 112 Å². The molecule has 460 valence electrons. The summed E-state index contributed by atoms with van der Waals surface area (Å²) in [5.41, 5.74) is 4.09. The minimum absolute atomic E-state index is 0.0712. The fraction of sp³-hybridized carbons (Fsp3) is 0.576. The molecule has 4 aromatic rings. The molecule has 3 aliphatic heterocycles. The van der Waals surface area contributed by atoms with Crippen molar-refractivity contribution in [3.8, 4) is 28.7 Å². The average Bonchev–Trinajstić information content (AvgIpc) is 3.41. The Labute approximate surface area is 505 Å². The lowest BCUT2D eigenvalue weighted by Gasteiger charge is -2.32. The Balaban J connectivity index is 0.000000223. The van der Waals surface area contributed by atoms with Crippen LogP contribution < -0.4 is 45.0 Å². The topological polar surface area (TPSA) is 199 Å². The van der Waals surface area contributed by atoms with Gasteiger partial charge in [-0.15, -0.1) is 0 Å². The van der Waals surface area contributed by atoms with E-state index in [2.05, 4.69) is 55.0 Å². The van der Waals surface area contributed by atoms with E-state index in [0.717, 1.165) is 46.4 Å². The molecule has 4 amide bonds. The summed E-state index contributed by atoms with van der Waals surface area (Å²) in [5, 5.41) is 12.6. The van der Waals surface area contributed by atoms with Crippen LogP contribution in [0.3, 0.4) is 0 Å². The first-order chi connectivity index (χ1) is 40.2. The van der Waals surface area contributed by atoms with Gasteiger partial charge in [0.25, 0.3) is 0 Å². The molecule has 0 saturated carbocycles. The van der Waals surface area contributed by atoms with Gasteiger partial charge in [-0.05, 0) is 153 Å². The van der Waals surface area contributed by atoms with Crippen molar-refractivity contribution in [2.24, 2.45) is 23.7 Å². The number of fused-ring (bicyclic) bond motifs is 4. The quantitative estimate of drug-likeness (QED) is 0.0577. The number of carbonyl (C=O) groups excluding carboxylic acids is 4. The third-order valence-corrected chi connectivity index (χ3v) is 18.1. The van der Waals surface area contributed by atoms with Gasteiger partial charge in [0.15, 0.2) is 11.5 Å². The maximum Gasteiger partial charge on any atom is 0.481 e. The van der Waals surface area contributed by atoms with Gasteiger partial charge in [-0.25, -0.2) is 0 Å². The second-order valence-corrected chi connectivity index (χ2v) is 26.3. The van der Waals surface area contributed by atoms with Gasteiger partial charge in [0.2, 0.25) is 41.9 Å². The van der Waals surface area contributed by atoms with Gasteiger partial charge in [-0.1, -0.05) is 94.4 Å². The summed E-state index contributed by atoms with van der Waals surface area (Å²) < 4.78 is 53.6. The minimum Gasteiger partial charge on any atom is -0.497 e. The zero-order valence-corrected chi connectivity index (χ0v) is 52.9. The third kappa shape index (κ3) is 15.3. The summed E-state index contributed by atoms with van der Waals surface area (Å²) in [7, 11) is 3.65. The van der Waals surface area contributed by atoms with Crippen LogP contribution in [-0.4, -0.2) is 112 Å². The zero-order valence-electron chi connectivity index (χ0n) is 52.9. The maximum absolute atomic E-state index is 14.0. The van der Waals surface area contributed by atoms with Crippen molar-refractivity contribution in [2.45, 2.75) is 194 Å². The summed E-state index contributed by atoms with van der Waals surface area (Å²) >= 11 is 0. The molecule has 4 aromatic carbocycles. The van der Waals surface area contributed by atoms with E-state index in [1.165, 1.54) is 5.56 Å². The molecule has 19 heteroatoms. The SMILES string of the molecule is COc1c2c(c3c(c1OC)OCO3)CC(C(=O)N[C@@H](Cc1ccccc1)C(=O)N[C@@H](CC(C)C)B1OC(C)(C)C(C)(C)O1)CC2.COc1ccc2c(c1)CCC(C(=O)N[C@@H](Cc1ccccc1)C(=O)N[C@@H](CC(C)C)B1OC(C)(C)C(C)(C)O1)C2. The molecule has 85 heavy (non-hydrogen) atoms. The van der Waals surface area contributed by atoms with Crippen molar-refractivity contribution in [3.63, 3.8) is 0 Å². The highest BCUT2D eigenvalue weighted by Crippen LogP contribution is 2.54. The highest BCUT2D eigenvalue weighted by molar-refractivity contribution is 6.48. The average molecular weight is 1170 g/mol. The van der Waals surface area contributed by atoms with E-state index < -0.39 is 54.7 Å². The van der Waals surface area contributed by atoms with Gasteiger partial charge < -0.3 is 63.6 Å². The lowest BCUT2D eigenvalue weighted by atomic mass is 9.73. The number of amides is 4. The molecule has 2 saturated heterocycles. The summed E-state index contributed by atoms with van der Waals surface area (Å²) in [5.74, 6) is 1.56. The molecule has 2 unspecified atom stereocenters. The van der Waals surface area contributed by atoms with Gasteiger partial charge in [-0.2, -0.15) is 0 Å². The van der Waals surface area contributed by atoms with E-state index in [1.807, 2.05) is 128 Å². The van der Waals surface area contributed by atoms with E-state index in [0.29, 0.717) is 80.3 Å². The van der Waals surface area contributed by atoms with Crippen LogP contribution in [0.5, 0.6) is 28.7 Å². The molecule has 5 aliphatic rings. The molecule has 0 spiro atoms. The summed E-state index contributed by atoms with van der Waals surface area (Å²) in [6, 6.07) is 24.1. The van der Waals surface area contributed by atoms with Crippen molar-refractivity contribution >= 4 is 37.9 Å². The number of methoxy groups -OCH3 is 3. The van der Waals surface area contributed by atoms with Gasteiger partial charge in [-0.3, -0.25) is 19.2 Å². The van der Waals surface area contributed by atoms with Crippen molar-refractivity contribution < 1.29 is 61.5 Å². The zero-order chi connectivity index (χ0) is 61.6. The van der Waals surface area contributed by atoms with E-state index in [1.54, 1.807) is 21.3 Å². The van der Waals surface area contributed by atoms with Crippen molar-refractivity contribution in [2.75, 3.05) is 28.1 Å². The molecule has 6 atom stereocenters. The molecule has 0 bridgehead atoms. The third-order valence-electron chi connectivity index (χ3n) is 18.1. The van der Waals surface area contributed by atoms with Gasteiger partial charge in [0.05, 0.1) is 55.6 Å². The summed E-state index contributed by atoms with van der Waals surface area (Å²) in [6.07, 6.45) is 5.89. The standard InChI is InChI=1S/C34H47BN2O8.C32H45BN2O5/c1-20(2)16-26(35-44-33(3,4)34(5,6)45-35)37-32(39)25(17-21-12-10-9-11-13-21)36-31(38)22-14-15-23-24(18-22)28-30(43-19-42-28)29(41-8)27(23)40-7;1-21(2)17-28(33-39-31(3,4)32(5,6)40-33)35-30(37)27(18-22-11-9-8-10-12-22)34-29(36)25-14-13-24-20-26(38-7)16-15-23(24)19-25/h9-13,20,22,25-26H,14-19H2,1-8H3,(H,36,38)(H,37,39);8-12,15-16,20-21,25,27-28H,13-14,17-19H2,1-7H3,(H,34,36)(H,35,37)/t22?,25-,26-;25?,27-,28-/m00/s1. The second-order valence-electron chi connectivity index (χ2n) is 26.3. The fourth-order valence-electron chi connectivity index (χ4n) is 11.9. The number of rotatable bonds is 21. The first-order valence-corrected chi connectivity index (χ1v) is 30.4. The van der Waals surface area contributed by atoms with Crippen molar-refractivity contribution in [1.82, 2.24) is 21.3 Å². The molecule has 17 nitrogen and oxygen atoms in total. The molecule has 0 aromatic heterocycles. The van der Waals surface area contributed by atoms with Crippen LogP contribution in [0.4, 0.5) is 0 Å².